The van der Waals surface area contributed by atoms with Crippen molar-refractivity contribution in [3.05, 3.63) is 11.6 Å². The Hall–Kier alpha value is -1.77. The van der Waals surface area contributed by atoms with Gasteiger partial charge in [0.25, 0.3) is 0 Å². The number of ether oxygens (including phenoxy) is 2. The molecule has 4 aliphatic carbocycles. The van der Waals surface area contributed by atoms with Crippen molar-refractivity contribution in [3.8, 4) is 0 Å². The third-order valence-electron chi connectivity index (χ3n) is 9.83. The number of rotatable bonds is 6. The molecule has 0 aliphatic heterocycles. The highest BCUT2D eigenvalue weighted by atomic mass is 16.5. The highest BCUT2D eigenvalue weighted by Gasteiger charge is 2.68. The minimum absolute atomic E-state index is 0.0225. The molecular formula is C26H38O8. The van der Waals surface area contributed by atoms with Crippen LogP contribution in [0.2, 0.25) is 0 Å². The summed E-state index contributed by atoms with van der Waals surface area (Å²) in [4.78, 5) is 35.2. The summed E-state index contributed by atoms with van der Waals surface area (Å²) in [5.74, 6) is -0.660. The van der Waals surface area contributed by atoms with Gasteiger partial charge in [-0.25, -0.2) is 0 Å². The van der Waals surface area contributed by atoms with Gasteiger partial charge in [-0.15, -0.1) is 0 Å². The van der Waals surface area contributed by atoms with Crippen molar-refractivity contribution in [1.29, 1.82) is 0 Å². The Labute approximate surface area is 200 Å². The molecule has 0 spiro atoms. The highest BCUT2D eigenvalue weighted by Crippen LogP contribution is 2.68. The van der Waals surface area contributed by atoms with E-state index in [0.29, 0.717) is 19.3 Å². The van der Waals surface area contributed by atoms with E-state index in [2.05, 4.69) is 11.7 Å². The summed E-state index contributed by atoms with van der Waals surface area (Å²) in [5, 5.41) is 34.2. The standard InChI is InChI=1S/C26H38O8/c1-24-10-8-16(27)12-15(24)4-5-17-18-9-11-26(32,25(18,2)13-19(28)23(17)24)20(29)14-34-22(31)7-6-21(30)33-3/h12,17-20,23,28-29,32H,4-11,13-14H2,1-3H3. The lowest BCUT2D eigenvalue weighted by molar-refractivity contribution is -0.211. The average molecular weight is 479 g/mol. The van der Waals surface area contributed by atoms with E-state index < -0.39 is 35.2 Å². The summed E-state index contributed by atoms with van der Waals surface area (Å²) in [6.45, 7) is 3.76. The van der Waals surface area contributed by atoms with E-state index in [4.69, 9.17) is 4.74 Å². The lowest BCUT2D eigenvalue weighted by Crippen LogP contribution is -2.63. The molecule has 3 N–H and O–H groups in total. The second kappa shape index (κ2) is 9.03. The molecule has 0 radical (unpaired) electrons. The zero-order valence-corrected chi connectivity index (χ0v) is 20.4. The van der Waals surface area contributed by atoms with Gasteiger partial charge in [-0.3, -0.25) is 14.4 Å². The van der Waals surface area contributed by atoms with Crippen LogP contribution in [0.1, 0.15) is 71.6 Å². The molecule has 34 heavy (non-hydrogen) atoms. The zero-order valence-electron chi connectivity index (χ0n) is 20.4. The first-order valence-corrected chi connectivity index (χ1v) is 12.5. The van der Waals surface area contributed by atoms with Crippen LogP contribution in [0.3, 0.4) is 0 Å². The van der Waals surface area contributed by atoms with Crippen LogP contribution >= 0.6 is 0 Å². The van der Waals surface area contributed by atoms with Gasteiger partial charge in [-0.1, -0.05) is 19.4 Å². The molecular weight excluding hydrogens is 440 g/mol. The molecule has 8 unspecified atom stereocenters. The van der Waals surface area contributed by atoms with E-state index in [1.165, 1.54) is 7.11 Å². The van der Waals surface area contributed by atoms with Crippen LogP contribution in [0.5, 0.6) is 0 Å². The van der Waals surface area contributed by atoms with Gasteiger partial charge in [0.1, 0.15) is 12.7 Å². The van der Waals surface area contributed by atoms with Gasteiger partial charge in [-0.05, 0) is 67.8 Å². The maximum Gasteiger partial charge on any atom is 0.306 e. The molecule has 8 atom stereocenters. The van der Waals surface area contributed by atoms with Crippen LogP contribution in [-0.4, -0.2) is 64.6 Å². The fourth-order valence-electron chi connectivity index (χ4n) is 7.96. The van der Waals surface area contributed by atoms with E-state index >= 15 is 0 Å². The van der Waals surface area contributed by atoms with Crippen molar-refractivity contribution < 1.29 is 39.2 Å². The van der Waals surface area contributed by atoms with Gasteiger partial charge in [0.15, 0.2) is 5.78 Å². The summed E-state index contributed by atoms with van der Waals surface area (Å²) in [7, 11) is 1.24. The normalized spacial score (nSPS) is 42.1. The smallest absolute Gasteiger partial charge is 0.306 e. The van der Waals surface area contributed by atoms with Gasteiger partial charge in [0, 0.05) is 11.8 Å². The first-order chi connectivity index (χ1) is 16.0. The molecule has 0 bridgehead atoms. The van der Waals surface area contributed by atoms with Crippen LogP contribution < -0.4 is 0 Å². The van der Waals surface area contributed by atoms with Crippen molar-refractivity contribution in [2.24, 2.45) is 28.6 Å². The van der Waals surface area contributed by atoms with Crippen LogP contribution in [0, 0.1) is 28.6 Å². The van der Waals surface area contributed by atoms with Crippen molar-refractivity contribution in [3.63, 3.8) is 0 Å². The second-order valence-electron chi connectivity index (χ2n) is 11.3. The molecule has 190 valence electrons. The van der Waals surface area contributed by atoms with Crippen molar-refractivity contribution >= 4 is 17.7 Å². The van der Waals surface area contributed by atoms with E-state index in [1.54, 1.807) is 6.08 Å². The number of carbonyl (C=O) groups excluding carboxylic acids is 3. The Kier molecular flexibility index (Phi) is 6.72. The van der Waals surface area contributed by atoms with Gasteiger partial charge in [0.05, 0.1) is 31.7 Å². The summed E-state index contributed by atoms with van der Waals surface area (Å²) in [6, 6.07) is 0. The molecule has 0 aromatic heterocycles. The number of carbonyl (C=O) groups is 3. The summed E-state index contributed by atoms with van der Waals surface area (Å²) in [5.41, 5.74) is -1.29. The van der Waals surface area contributed by atoms with Crippen molar-refractivity contribution in [2.45, 2.75) is 89.4 Å². The van der Waals surface area contributed by atoms with E-state index in [-0.39, 0.29) is 48.4 Å². The van der Waals surface area contributed by atoms with Gasteiger partial charge in [-0.2, -0.15) is 0 Å². The summed E-state index contributed by atoms with van der Waals surface area (Å²) < 4.78 is 9.69. The number of allylic oxidation sites excluding steroid dienone is 1. The highest BCUT2D eigenvalue weighted by molar-refractivity contribution is 5.91. The quantitative estimate of drug-likeness (QED) is 0.495. The van der Waals surface area contributed by atoms with Crippen LogP contribution in [0.4, 0.5) is 0 Å². The van der Waals surface area contributed by atoms with Gasteiger partial charge in [0.2, 0.25) is 0 Å². The average Bonchev–Trinajstić information content (AvgIpc) is 3.07. The number of aliphatic hydroxyl groups is 3. The fraction of sp³-hybridized carbons (Fsp3) is 0.808. The molecule has 8 heteroatoms. The van der Waals surface area contributed by atoms with E-state index in [0.717, 1.165) is 31.3 Å². The van der Waals surface area contributed by atoms with Gasteiger partial charge >= 0.3 is 11.9 Å². The first-order valence-electron chi connectivity index (χ1n) is 12.5. The Bertz CT molecular complexity index is 882. The Morgan fingerprint density at radius 2 is 1.85 bits per heavy atom. The monoisotopic (exact) mass is 478 g/mol. The first kappa shape index (κ1) is 25.3. The number of fused-ring (bicyclic) bond motifs is 5. The largest absolute Gasteiger partial charge is 0.469 e. The van der Waals surface area contributed by atoms with Gasteiger partial charge < -0.3 is 24.8 Å². The molecule has 3 saturated carbocycles. The predicted octanol–water partition coefficient (Wildman–Crippen LogP) is 2.08. The topological polar surface area (TPSA) is 130 Å². The molecule has 0 amide bonds. The second-order valence-corrected chi connectivity index (χ2v) is 11.3. The molecule has 4 rings (SSSR count). The fourth-order valence-corrected chi connectivity index (χ4v) is 7.96. The predicted molar refractivity (Wildman–Crippen MR) is 121 cm³/mol. The van der Waals surface area contributed by atoms with E-state index in [9.17, 15) is 29.7 Å². The minimum atomic E-state index is -1.49. The molecule has 0 heterocycles. The zero-order chi connectivity index (χ0) is 24.9. The maximum absolute atomic E-state index is 12.0. The lowest BCUT2D eigenvalue weighted by Gasteiger charge is -2.61. The molecule has 4 aliphatic rings. The molecule has 0 saturated heterocycles. The van der Waals surface area contributed by atoms with E-state index in [1.807, 2.05) is 6.92 Å². The Morgan fingerprint density at radius 3 is 2.56 bits per heavy atom. The van der Waals surface area contributed by atoms with Crippen molar-refractivity contribution in [2.75, 3.05) is 13.7 Å². The number of ketones is 1. The number of aliphatic hydroxyl groups excluding tert-OH is 2. The number of hydrogen-bond acceptors (Lipinski definition) is 8. The Morgan fingerprint density at radius 1 is 1.15 bits per heavy atom. The van der Waals surface area contributed by atoms with Crippen LogP contribution in [0.25, 0.3) is 0 Å². The molecule has 8 nitrogen and oxygen atoms in total. The summed E-state index contributed by atoms with van der Waals surface area (Å²) >= 11 is 0. The molecule has 3 fully saturated rings. The number of esters is 2. The SMILES string of the molecule is COC(=O)CCC(=O)OCC(O)C1(O)CCC2C3CCC4=CC(=O)CCC4(C)C3C(O)CC21C. The lowest BCUT2D eigenvalue weighted by atomic mass is 9.45. The van der Waals surface area contributed by atoms with Crippen molar-refractivity contribution in [1.82, 2.24) is 0 Å². The summed E-state index contributed by atoms with van der Waals surface area (Å²) in [6.07, 6.45) is 3.93. The number of methoxy groups -OCH3 is 1. The maximum atomic E-state index is 12.0. The third-order valence-corrected chi connectivity index (χ3v) is 9.83. The minimum Gasteiger partial charge on any atom is -0.469 e. The number of hydrogen-bond donors (Lipinski definition) is 3. The third kappa shape index (κ3) is 3.91. The van der Waals surface area contributed by atoms with Crippen LogP contribution in [-0.2, 0) is 23.9 Å². The molecule has 0 aromatic rings. The van der Waals surface area contributed by atoms with Crippen LogP contribution in [0.15, 0.2) is 11.6 Å². The molecule has 0 aromatic carbocycles. The Balaban J connectivity index is 1.49.